The van der Waals surface area contributed by atoms with E-state index in [4.69, 9.17) is 5.73 Å². The molecule has 19 heavy (non-hydrogen) atoms. The fourth-order valence-electron chi connectivity index (χ4n) is 1.42. The maximum Gasteiger partial charge on any atom is 0.261 e. The largest absolute Gasteiger partial charge is 0.399 e. The van der Waals surface area contributed by atoms with Gasteiger partial charge in [-0.3, -0.25) is 4.72 Å². The van der Waals surface area contributed by atoms with E-state index in [1.807, 2.05) is 4.72 Å². The number of sulfonamides is 1. The predicted molar refractivity (Wildman–Crippen MR) is 68.0 cm³/mol. The maximum atomic E-state index is 13.4. The molecule has 0 aliphatic carbocycles. The molecule has 0 aliphatic rings. The fraction of sp³-hybridized carbons (Fsp3) is 0. The number of anilines is 2. The Kier molecular flexibility index (Phi) is 3.39. The molecule has 2 aromatic rings. The van der Waals surface area contributed by atoms with E-state index in [0.29, 0.717) is 11.8 Å². The van der Waals surface area contributed by atoms with Crippen molar-refractivity contribution < 1.29 is 17.2 Å². The van der Waals surface area contributed by atoms with Crippen LogP contribution in [0.25, 0.3) is 0 Å². The number of hydrogen-bond donors (Lipinski definition) is 2. The summed E-state index contributed by atoms with van der Waals surface area (Å²) >= 11 is 0. The van der Waals surface area contributed by atoms with Gasteiger partial charge in [-0.25, -0.2) is 17.2 Å². The molecule has 0 atom stereocenters. The van der Waals surface area contributed by atoms with Crippen LogP contribution in [0, 0.1) is 11.6 Å². The van der Waals surface area contributed by atoms with Gasteiger partial charge in [-0.2, -0.15) is 0 Å². The highest BCUT2D eigenvalue weighted by molar-refractivity contribution is 7.92. The van der Waals surface area contributed by atoms with Gasteiger partial charge in [0.25, 0.3) is 10.0 Å². The molecule has 0 amide bonds. The zero-order valence-corrected chi connectivity index (χ0v) is 10.4. The van der Waals surface area contributed by atoms with Gasteiger partial charge in [0.2, 0.25) is 0 Å². The third kappa shape index (κ3) is 3.00. The molecule has 0 aliphatic heterocycles. The van der Waals surface area contributed by atoms with E-state index in [2.05, 4.69) is 0 Å². The SMILES string of the molecule is Nc1ccc(S(=O)(=O)Nc2ccc(F)cc2F)cc1. The van der Waals surface area contributed by atoms with Crippen LogP contribution in [0.3, 0.4) is 0 Å². The molecule has 0 saturated heterocycles. The fourth-order valence-corrected chi connectivity index (χ4v) is 2.49. The van der Waals surface area contributed by atoms with Gasteiger partial charge in [0.05, 0.1) is 10.6 Å². The van der Waals surface area contributed by atoms with Crippen molar-refractivity contribution in [3.05, 3.63) is 54.1 Å². The summed E-state index contributed by atoms with van der Waals surface area (Å²) in [6.45, 7) is 0. The molecule has 3 N–H and O–H groups in total. The van der Waals surface area contributed by atoms with E-state index in [1.54, 1.807) is 0 Å². The van der Waals surface area contributed by atoms with E-state index >= 15 is 0 Å². The molecule has 4 nitrogen and oxygen atoms in total. The van der Waals surface area contributed by atoms with Gasteiger partial charge in [-0.05, 0) is 36.4 Å². The van der Waals surface area contributed by atoms with E-state index in [0.717, 1.165) is 12.1 Å². The van der Waals surface area contributed by atoms with E-state index < -0.39 is 21.7 Å². The van der Waals surface area contributed by atoms with Crippen LogP contribution in [-0.2, 0) is 10.0 Å². The molecule has 0 fully saturated rings. The van der Waals surface area contributed by atoms with Gasteiger partial charge in [-0.1, -0.05) is 0 Å². The zero-order valence-electron chi connectivity index (χ0n) is 9.60. The normalized spacial score (nSPS) is 11.3. The van der Waals surface area contributed by atoms with E-state index in [9.17, 15) is 17.2 Å². The number of halogens is 2. The molecule has 0 radical (unpaired) electrons. The number of nitrogens with two attached hydrogens (primary N) is 1. The first kappa shape index (κ1) is 13.3. The third-order valence-corrected chi connectivity index (χ3v) is 3.75. The summed E-state index contributed by atoms with van der Waals surface area (Å²) in [6, 6.07) is 7.98. The van der Waals surface area contributed by atoms with Crippen molar-refractivity contribution in [2.24, 2.45) is 0 Å². The second-order valence-corrected chi connectivity index (χ2v) is 5.48. The molecule has 0 saturated carbocycles. The number of rotatable bonds is 3. The first-order valence-electron chi connectivity index (χ1n) is 5.22. The van der Waals surface area contributed by atoms with Crippen LogP contribution in [-0.4, -0.2) is 8.42 Å². The Morgan fingerprint density at radius 2 is 1.63 bits per heavy atom. The number of nitrogen functional groups attached to an aromatic ring is 1. The van der Waals surface area contributed by atoms with Gasteiger partial charge in [-0.15, -0.1) is 0 Å². The van der Waals surface area contributed by atoms with Gasteiger partial charge >= 0.3 is 0 Å². The summed E-state index contributed by atoms with van der Waals surface area (Å²) in [4.78, 5) is -0.0644. The molecular weight excluding hydrogens is 274 g/mol. The summed E-state index contributed by atoms with van der Waals surface area (Å²) in [5, 5.41) is 0. The van der Waals surface area contributed by atoms with Gasteiger partial charge in [0.15, 0.2) is 0 Å². The highest BCUT2D eigenvalue weighted by Crippen LogP contribution is 2.20. The lowest BCUT2D eigenvalue weighted by Gasteiger charge is -2.09. The van der Waals surface area contributed by atoms with Crippen LogP contribution < -0.4 is 10.5 Å². The van der Waals surface area contributed by atoms with E-state index in [1.165, 1.54) is 24.3 Å². The molecule has 0 heterocycles. The lowest BCUT2D eigenvalue weighted by molar-refractivity contribution is 0.583. The van der Waals surface area contributed by atoms with Crippen molar-refractivity contribution in [2.75, 3.05) is 10.5 Å². The predicted octanol–water partition coefficient (Wildman–Crippen LogP) is 2.35. The molecule has 0 aromatic heterocycles. The van der Waals surface area contributed by atoms with Gasteiger partial charge < -0.3 is 5.73 Å². The number of benzene rings is 2. The Labute approximate surface area is 108 Å². The van der Waals surface area contributed by atoms with Crippen LogP contribution in [0.1, 0.15) is 0 Å². The average molecular weight is 284 g/mol. The monoisotopic (exact) mass is 284 g/mol. The highest BCUT2D eigenvalue weighted by atomic mass is 32.2. The molecule has 0 unspecified atom stereocenters. The van der Waals surface area contributed by atoms with Crippen LogP contribution in [0.5, 0.6) is 0 Å². The standard InChI is InChI=1S/C12H10F2N2O2S/c13-8-1-6-12(11(14)7-8)16-19(17,18)10-4-2-9(15)3-5-10/h1-7,16H,15H2. The molecule has 100 valence electrons. The summed E-state index contributed by atoms with van der Waals surface area (Å²) in [5.41, 5.74) is 5.53. The molecular formula is C12H10F2N2O2S. The van der Waals surface area contributed by atoms with Crippen LogP contribution in [0.4, 0.5) is 20.2 Å². The summed E-state index contributed by atoms with van der Waals surface area (Å²) in [7, 11) is -3.93. The minimum absolute atomic E-state index is 0.0644. The second-order valence-electron chi connectivity index (χ2n) is 3.80. The highest BCUT2D eigenvalue weighted by Gasteiger charge is 2.16. The minimum atomic E-state index is -3.93. The first-order chi connectivity index (χ1) is 8.88. The summed E-state index contributed by atoms with van der Waals surface area (Å²) in [6.07, 6.45) is 0. The molecule has 0 spiro atoms. The molecule has 2 rings (SSSR count). The smallest absolute Gasteiger partial charge is 0.261 e. The summed E-state index contributed by atoms with van der Waals surface area (Å²) < 4.78 is 52.0. The minimum Gasteiger partial charge on any atom is -0.399 e. The van der Waals surface area contributed by atoms with Gasteiger partial charge in [0, 0.05) is 11.8 Å². The molecule has 7 heteroatoms. The number of hydrogen-bond acceptors (Lipinski definition) is 3. The lowest BCUT2D eigenvalue weighted by atomic mass is 10.3. The quantitative estimate of drug-likeness (QED) is 0.850. The molecule has 2 aromatic carbocycles. The maximum absolute atomic E-state index is 13.4. The van der Waals surface area contributed by atoms with Crippen molar-refractivity contribution in [1.82, 2.24) is 0 Å². The average Bonchev–Trinajstić information content (AvgIpc) is 2.33. The van der Waals surface area contributed by atoms with Crippen LogP contribution >= 0.6 is 0 Å². The first-order valence-corrected chi connectivity index (χ1v) is 6.70. The van der Waals surface area contributed by atoms with Gasteiger partial charge in [0.1, 0.15) is 11.6 Å². The molecule has 0 bridgehead atoms. The Morgan fingerprint density at radius 1 is 1.00 bits per heavy atom. The van der Waals surface area contributed by atoms with Crippen molar-refractivity contribution in [3.8, 4) is 0 Å². The van der Waals surface area contributed by atoms with Crippen molar-refractivity contribution in [2.45, 2.75) is 4.90 Å². The van der Waals surface area contributed by atoms with Crippen molar-refractivity contribution in [3.63, 3.8) is 0 Å². The topological polar surface area (TPSA) is 72.2 Å². The Balaban J connectivity index is 2.33. The van der Waals surface area contributed by atoms with Crippen molar-refractivity contribution >= 4 is 21.4 Å². The third-order valence-electron chi connectivity index (χ3n) is 2.37. The second kappa shape index (κ2) is 4.85. The Hall–Kier alpha value is -2.15. The lowest BCUT2D eigenvalue weighted by Crippen LogP contribution is -2.14. The van der Waals surface area contributed by atoms with Crippen molar-refractivity contribution in [1.29, 1.82) is 0 Å². The van der Waals surface area contributed by atoms with E-state index in [-0.39, 0.29) is 10.6 Å². The summed E-state index contributed by atoms with van der Waals surface area (Å²) in [5.74, 6) is -1.77. The number of nitrogens with one attached hydrogen (secondary N) is 1. The van der Waals surface area contributed by atoms with Crippen LogP contribution in [0.2, 0.25) is 0 Å². The van der Waals surface area contributed by atoms with Crippen LogP contribution in [0.15, 0.2) is 47.4 Å². The Bertz CT molecular complexity index is 700. The zero-order chi connectivity index (χ0) is 14.0. The Morgan fingerprint density at radius 3 is 2.21 bits per heavy atom.